The Kier molecular flexibility index (Phi) is 3.47. The number of hydrogen-bond donors (Lipinski definition) is 1. The Morgan fingerprint density at radius 2 is 1.77 bits per heavy atom. The van der Waals surface area contributed by atoms with Crippen LogP contribution >= 0.6 is 23.2 Å². The Balaban J connectivity index is 2.97. The number of rotatable bonds is 2. The van der Waals surface area contributed by atoms with Gasteiger partial charge in [0.1, 0.15) is 0 Å². The van der Waals surface area contributed by atoms with Gasteiger partial charge in [0.15, 0.2) is 0 Å². The second-order valence-corrected chi connectivity index (χ2v) is 3.35. The minimum absolute atomic E-state index is 0.232. The molecule has 1 atom stereocenters. The lowest BCUT2D eigenvalue weighted by molar-refractivity contribution is 0.116. The second-order valence-electron chi connectivity index (χ2n) is 2.53. The van der Waals surface area contributed by atoms with Crippen molar-refractivity contribution in [1.82, 2.24) is 0 Å². The van der Waals surface area contributed by atoms with E-state index in [0.717, 1.165) is 0 Å². The van der Waals surface area contributed by atoms with Crippen molar-refractivity contribution in [2.75, 3.05) is 0 Å². The molecule has 72 valence electrons. The quantitative estimate of drug-likeness (QED) is 0.822. The van der Waals surface area contributed by atoms with Crippen molar-refractivity contribution in [1.29, 1.82) is 0 Å². The van der Waals surface area contributed by atoms with Gasteiger partial charge >= 0.3 is 0 Å². The first-order chi connectivity index (χ1) is 6.02. The van der Waals surface area contributed by atoms with Crippen molar-refractivity contribution in [3.05, 3.63) is 33.8 Å². The molecule has 5 heteroatoms. The summed E-state index contributed by atoms with van der Waals surface area (Å²) >= 11 is 11.2. The predicted octanol–water partition coefficient (Wildman–Crippen LogP) is 3.26. The van der Waals surface area contributed by atoms with E-state index in [2.05, 4.69) is 0 Å². The van der Waals surface area contributed by atoms with Crippen LogP contribution in [0.2, 0.25) is 10.0 Å². The average molecular weight is 226 g/mol. The molecule has 0 heterocycles. The van der Waals surface area contributed by atoms with Crippen LogP contribution in [-0.4, -0.2) is 6.43 Å². The second kappa shape index (κ2) is 4.22. The van der Waals surface area contributed by atoms with Crippen molar-refractivity contribution in [2.45, 2.75) is 12.5 Å². The summed E-state index contributed by atoms with van der Waals surface area (Å²) in [6.45, 7) is 0. The normalized spacial score (nSPS) is 13.4. The minimum atomic E-state index is -2.60. The van der Waals surface area contributed by atoms with Crippen LogP contribution < -0.4 is 5.73 Å². The van der Waals surface area contributed by atoms with Gasteiger partial charge in [-0.25, -0.2) is 8.78 Å². The first-order valence-corrected chi connectivity index (χ1v) is 4.26. The third-order valence-corrected chi connectivity index (χ3v) is 2.34. The van der Waals surface area contributed by atoms with E-state index in [1.165, 1.54) is 18.2 Å². The molecule has 13 heavy (non-hydrogen) atoms. The molecule has 0 aromatic heterocycles. The SMILES string of the molecule is N[C@@H](c1ccc(Cl)c(Cl)c1)C(F)F. The van der Waals surface area contributed by atoms with Gasteiger partial charge in [-0.1, -0.05) is 29.3 Å². The number of alkyl halides is 2. The monoisotopic (exact) mass is 225 g/mol. The largest absolute Gasteiger partial charge is 0.319 e. The highest BCUT2D eigenvalue weighted by Crippen LogP contribution is 2.26. The summed E-state index contributed by atoms with van der Waals surface area (Å²) in [7, 11) is 0. The Hall–Kier alpha value is -0.380. The van der Waals surface area contributed by atoms with Gasteiger partial charge in [0.2, 0.25) is 0 Å². The number of benzene rings is 1. The maximum atomic E-state index is 12.1. The van der Waals surface area contributed by atoms with Crippen molar-refractivity contribution < 1.29 is 8.78 Å². The summed E-state index contributed by atoms with van der Waals surface area (Å²) in [5.74, 6) is 0. The van der Waals surface area contributed by atoms with Gasteiger partial charge in [0, 0.05) is 0 Å². The predicted molar refractivity (Wildman–Crippen MR) is 49.4 cm³/mol. The zero-order chi connectivity index (χ0) is 10.0. The van der Waals surface area contributed by atoms with E-state index in [1.54, 1.807) is 0 Å². The van der Waals surface area contributed by atoms with Gasteiger partial charge in [-0.2, -0.15) is 0 Å². The van der Waals surface area contributed by atoms with Gasteiger partial charge in [-0.15, -0.1) is 0 Å². The fourth-order valence-corrected chi connectivity index (χ4v) is 1.17. The molecular formula is C8H7Cl2F2N. The van der Waals surface area contributed by atoms with Gasteiger partial charge in [-0.05, 0) is 17.7 Å². The van der Waals surface area contributed by atoms with E-state index in [1.807, 2.05) is 0 Å². The van der Waals surface area contributed by atoms with E-state index in [0.29, 0.717) is 5.02 Å². The van der Waals surface area contributed by atoms with Crippen LogP contribution in [0.25, 0.3) is 0 Å². The minimum Gasteiger partial charge on any atom is -0.319 e. The molecule has 0 saturated heterocycles. The summed E-state index contributed by atoms with van der Waals surface area (Å²) in [5.41, 5.74) is 5.49. The summed E-state index contributed by atoms with van der Waals surface area (Å²) in [4.78, 5) is 0. The van der Waals surface area contributed by atoms with Crippen LogP contribution in [0.1, 0.15) is 11.6 Å². The smallest absolute Gasteiger partial charge is 0.257 e. The van der Waals surface area contributed by atoms with Crippen LogP contribution in [0, 0.1) is 0 Å². The van der Waals surface area contributed by atoms with Gasteiger partial charge in [-0.3, -0.25) is 0 Å². The number of halogens is 4. The maximum Gasteiger partial charge on any atom is 0.257 e. The van der Waals surface area contributed by atoms with Gasteiger partial charge < -0.3 is 5.73 Å². The van der Waals surface area contributed by atoms with E-state index in [9.17, 15) is 8.78 Å². The van der Waals surface area contributed by atoms with E-state index in [4.69, 9.17) is 28.9 Å². The molecule has 0 bridgehead atoms. The topological polar surface area (TPSA) is 26.0 Å². The molecule has 1 rings (SSSR count). The van der Waals surface area contributed by atoms with Crippen LogP contribution in [0.5, 0.6) is 0 Å². The molecule has 1 aromatic carbocycles. The van der Waals surface area contributed by atoms with Crippen LogP contribution in [0.4, 0.5) is 8.78 Å². The lowest BCUT2D eigenvalue weighted by Crippen LogP contribution is -2.18. The molecule has 0 fully saturated rings. The first-order valence-electron chi connectivity index (χ1n) is 3.51. The highest BCUT2D eigenvalue weighted by molar-refractivity contribution is 6.42. The average Bonchev–Trinajstić information content (AvgIpc) is 2.08. The standard InChI is InChI=1S/C8H7Cl2F2N/c9-5-2-1-4(3-6(5)10)7(13)8(11)12/h1-3,7-8H,13H2/t7-/m0/s1. The zero-order valence-electron chi connectivity index (χ0n) is 6.48. The molecule has 2 N–H and O–H groups in total. The Morgan fingerprint density at radius 3 is 2.23 bits per heavy atom. The molecule has 0 unspecified atom stereocenters. The molecule has 1 nitrogen and oxygen atoms in total. The van der Waals surface area contributed by atoms with E-state index < -0.39 is 12.5 Å². The Morgan fingerprint density at radius 1 is 1.15 bits per heavy atom. The number of nitrogens with two attached hydrogens (primary N) is 1. The highest BCUT2D eigenvalue weighted by atomic mass is 35.5. The van der Waals surface area contributed by atoms with Crippen LogP contribution in [-0.2, 0) is 0 Å². The molecule has 1 aromatic rings. The zero-order valence-corrected chi connectivity index (χ0v) is 7.99. The van der Waals surface area contributed by atoms with Crippen molar-refractivity contribution in [3.63, 3.8) is 0 Å². The number of hydrogen-bond acceptors (Lipinski definition) is 1. The fraction of sp³-hybridized carbons (Fsp3) is 0.250. The lowest BCUT2D eigenvalue weighted by Gasteiger charge is -2.10. The first kappa shape index (κ1) is 10.7. The third-order valence-electron chi connectivity index (χ3n) is 1.60. The van der Waals surface area contributed by atoms with Crippen LogP contribution in [0.3, 0.4) is 0 Å². The third kappa shape index (κ3) is 2.53. The fourth-order valence-electron chi connectivity index (χ4n) is 0.865. The van der Waals surface area contributed by atoms with Crippen molar-refractivity contribution in [3.8, 4) is 0 Å². The summed E-state index contributed by atoms with van der Waals surface area (Å²) in [6, 6.07) is 2.92. The molecule has 0 aliphatic rings. The highest BCUT2D eigenvalue weighted by Gasteiger charge is 2.17. The molecule has 0 spiro atoms. The molecule has 0 saturated carbocycles. The summed E-state index contributed by atoms with van der Waals surface area (Å²) in [5, 5.41) is 0.558. The molecule has 0 aliphatic carbocycles. The Labute approximate surface area is 84.4 Å². The summed E-state index contributed by atoms with van der Waals surface area (Å²) in [6.07, 6.45) is -2.60. The molecular weight excluding hydrogens is 219 g/mol. The van der Waals surface area contributed by atoms with Crippen molar-refractivity contribution >= 4 is 23.2 Å². The van der Waals surface area contributed by atoms with E-state index >= 15 is 0 Å². The molecule has 0 amide bonds. The lowest BCUT2D eigenvalue weighted by atomic mass is 10.1. The maximum absolute atomic E-state index is 12.1. The summed E-state index contributed by atoms with van der Waals surface area (Å²) < 4.78 is 24.3. The van der Waals surface area contributed by atoms with Crippen LogP contribution in [0.15, 0.2) is 18.2 Å². The van der Waals surface area contributed by atoms with E-state index in [-0.39, 0.29) is 10.6 Å². The van der Waals surface area contributed by atoms with Gasteiger partial charge in [0.05, 0.1) is 16.1 Å². The molecule has 0 radical (unpaired) electrons. The Bertz CT molecular complexity index is 304. The van der Waals surface area contributed by atoms with Gasteiger partial charge in [0.25, 0.3) is 6.43 Å². The van der Waals surface area contributed by atoms with Crippen molar-refractivity contribution in [2.24, 2.45) is 5.73 Å². The molecule has 0 aliphatic heterocycles.